The molecule has 2 fully saturated rings. The van der Waals surface area contributed by atoms with E-state index in [2.05, 4.69) is 40.1 Å². The Kier molecular flexibility index (Phi) is 28.3. The van der Waals surface area contributed by atoms with Crippen LogP contribution in [0.1, 0.15) is 86.6 Å². The zero-order valence-corrected chi connectivity index (χ0v) is 26.1. The molecule has 1 saturated heterocycles. The van der Waals surface area contributed by atoms with E-state index in [0.717, 1.165) is 58.4 Å². The minimum Gasteiger partial charge on any atom is -0.852 e. The van der Waals surface area contributed by atoms with Crippen molar-refractivity contribution >= 4 is 5.78 Å². The van der Waals surface area contributed by atoms with Crippen LogP contribution in [0, 0.1) is 0 Å². The fourth-order valence-corrected chi connectivity index (χ4v) is 3.42. The molecule has 0 atom stereocenters. The molecule has 37 heavy (non-hydrogen) atoms. The summed E-state index contributed by atoms with van der Waals surface area (Å²) in [5.41, 5.74) is 1.41. The third kappa shape index (κ3) is 31.5. The fourth-order valence-electron chi connectivity index (χ4n) is 3.42. The second-order valence-corrected chi connectivity index (χ2v) is 10.3. The van der Waals surface area contributed by atoms with Crippen LogP contribution in [0.5, 0.6) is 0 Å². The third-order valence-corrected chi connectivity index (χ3v) is 4.69. The number of piperazine rings is 1. The first-order valence-electron chi connectivity index (χ1n) is 13.4. The first kappa shape index (κ1) is 40.9. The van der Waals surface area contributed by atoms with Gasteiger partial charge in [-0.15, -0.1) is 24.4 Å². The van der Waals surface area contributed by atoms with Crippen LogP contribution >= 0.6 is 0 Å². The summed E-state index contributed by atoms with van der Waals surface area (Å²) < 4.78 is 0. The SMILES string of the molecule is CC(C)[O-].CC(C)[O-].CC(C)[O-].CC(C)[O-].O=C1CCC(N2CCN(Cc3ccccc3)CC2)CC1.[Ti+4]. The Bertz CT molecular complexity index is 577. The summed E-state index contributed by atoms with van der Waals surface area (Å²) in [5.74, 6) is 0.462. The smallest absolute Gasteiger partial charge is 0.852 e. The molecule has 1 aromatic carbocycles. The van der Waals surface area contributed by atoms with E-state index >= 15 is 0 Å². The Labute approximate surface area is 242 Å². The van der Waals surface area contributed by atoms with Gasteiger partial charge in [0, 0.05) is 51.6 Å². The zero-order chi connectivity index (χ0) is 28.1. The molecule has 1 aliphatic heterocycles. The van der Waals surface area contributed by atoms with Gasteiger partial charge in [-0.3, -0.25) is 14.6 Å². The molecule has 212 valence electrons. The number of hydrogen-bond acceptors (Lipinski definition) is 7. The summed E-state index contributed by atoms with van der Waals surface area (Å²) in [6, 6.07) is 11.4. The van der Waals surface area contributed by atoms with E-state index in [-0.39, 0.29) is 21.7 Å². The fraction of sp³-hybridized carbons (Fsp3) is 0.759. The number of nitrogens with zero attached hydrogens (tertiary/aromatic N) is 2. The molecule has 0 unspecified atom stereocenters. The third-order valence-electron chi connectivity index (χ3n) is 4.69. The molecule has 0 bridgehead atoms. The average molecular weight is 557 g/mol. The van der Waals surface area contributed by atoms with Crippen LogP contribution in [0.25, 0.3) is 0 Å². The maximum Gasteiger partial charge on any atom is 4.00 e. The van der Waals surface area contributed by atoms with Gasteiger partial charge in [0.1, 0.15) is 5.78 Å². The van der Waals surface area contributed by atoms with E-state index in [9.17, 15) is 25.2 Å². The largest absolute Gasteiger partial charge is 4.00 e. The van der Waals surface area contributed by atoms with Crippen molar-refractivity contribution in [3.05, 3.63) is 35.9 Å². The molecule has 2 aliphatic rings. The van der Waals surface area contributed by atoms with E-state index in [1.165, 1.54) is 5.56 Å². The maximum absolute atomic E-state index is 11.3. The molecule has 1 aromatic rings. The van der Waals surface area contributed by atoms with Crippen LogP contribution in [-0.4, -0.2) is 72.2 Å². The van der Waals surface area contributed by atoms with Crippen LogP contribution < -0.4 is 20.4 Å². The van der Waals surface area contributed by atoms with Crippen LogP contribution in [0.2, 0.25) is 0 Å². The molecule has 1 aliphatic carbocycles. The maximum atomic E-state index is 11.3. The Hall–Kier alpha value is -0.636. The van der Waals surface area contributed by atoms with Gasteiger partial charge < -0.3 is 20.4 Å². The topological polar surface area (TPSA) is 116 Å². The van der Waals surface area contributed by atoms with Gasteiger partial charge in [0.15, 0.2) is 0 Å². The number of carbonyl (C=O) groups excluding carboxylic acids is 1. The second-order valence-electron chi connectivity index (χ2n) is 10.3. The number of ketones is 1. The van der Waals surface area contributed by atoms with Crippen molar-refractivity contribution in [3.8, 4) is 0 Å². The molecular weight excluding hydrogens is 504 g/mol. The van der Waals surface area contributed by atoms with Crippen molar-refractivity contribution in [1.29, 1.82) is 0 Å². The first-order chi connectivity index (χ1) is 16.7. The Balaban J connectivity index is -0.000000564. The minimum atomic E-state index is -0.417. The van der Waals surface area contributed by atoms with Gasteiger partial charge in [0.25, 0.3) is 0 Å². The molecule has 1 saturated carbocycles. The summed E-state index contributed by atoms with van der Waals surface area (Å²) >= 11 is 0. The van der Waals surface area contributed by atoms with Gasteiger partial charge in [-0.1, -0.05) is 85.7 Å². The van der Waals surface area contributed by atoms with E-state index in [4.69, 9.17) is 0 Å². The van der Waals surface area contributed by atoms with Crippen molar-refractivity contribution in [2.24, 2.45) is 0 Å². The molecule has 8 heteroatoms. The molecule has 0 aromatic heterocycles. The minimum absolute atomic E-state index is 0. The molecular formula is C29H52N2O5Ti. The first-order valence-corrected chi connectivity index (χ1v) is 13.4. The predicted octanol–water partition coefficient (Wildman–Crippen LogP) is 1.33. The molecule has 7 nitrogen and oxygen atoms in total. The van der Waals surface area contributed by atoms with Crippen molar-refractivity contribution in [1.82, 2.24) is 9.80 Å². The molecule has 0 radical (unpaired) electrons. The Morgan fingerprint density at radius 3 is 1.41 bits per heavy atom. The summed E-state index contributed by atoms with van der Waals surface area (Å²) in [6.07, 6.45) is 2.10. The van der Waals surface area contributed by atoms with Gasteiger partial charge in [0.05, 0.1) is 0 Å². The van der Waals surface area contributed by atoms with Crippen molar-refractivity contribution in [2.75, 3.05) is 26.2 Å². The van der Waals surface area contributed by atoms with E-state index < -0.39 is 24.4 Å². The van der Waals surface area contributed by atoms with Gasteiger partial charge in [-0.05, 0) is 18.4 Å². The molecule has 1 heterocycles. The van der Waals surface area contributed by atoms with Gasteiger partial charge in [0.2, 0.25) is 0 Å². The quantitative estimate of drug-likeness (QED) is 0.516. The van der Waals surface area contributed by atoms with Crippen LogP contribution in [0.4, 0.5) is 0 Å². The van der Waals surface area contributed by atoms with Gasteiger partial charge >= 0.3 is 21.7 Å². The normalized spacial score (nSPS) is 16.4. The van der Waals surface area contributed by atoms with E-state index in [1.807, 2.05) is 0 Å². The van der Waals surface area contributed by atoms with E-state index in [0.29, 0.717) is 11.8 Å². The molecule has 3 rings (SSSR count). The van der Waals surface area contributed by atoms with E-state index in [1.54, 1.807) is 55.4 Å². The summed E-state index contributed by atoms with van der Waals surface area (Å²) in [4.78, 5) is 16.5. The van der Waals surface area contributed by atoms with Crippen molar-refractivity contribution < 1.29 is 46.9 Å². The van der Waals surface area contributed by atoms with Crippen molar-refractivity contribution in [3.63, 3.8) is 0 Å². The number of carbonyl (C=O) groups is 1. The van der Waals surface area contributed by atoms with Gasteiger partial charge in [-0.25, -0.2) is 0 Å². The van der Waals surface area contributed by atoms with Crippen LogP contribution in [0.3, 0.4) is 0 Å². The predicted molar refractivity (Wildman–Crippen MR) is 141 cm³/mol. The van der Waals surface area contributed by atoms with Crippen LogP contribution in [-0.2, 0) is 33.1 Å². The monoisotopic (exact) mass is 556 g/mol. The summed E-state index contributed by atoms with van der Waals surface area (Å²) in [6.45, 7) is 18.6. The standard InChI is InChI=1S/C17H24N2O.4C3H7O.Ti/c20-17-8-6-16(7-9-17)19-12-10-18(11-13-19)14-15-4-2-1-3-5-15;4*1-3(2)4;/h1-5,16H,6-14H2;4*3H,1-2H3;/q;4*-1;+4. The second kappa shape index (κ2) is 25.6. The zero-order valence-electron chi connectivity index (χ0n) is 24.6. The molecule has 0 N–H and O–H groups in total. The summed E-state index contributed by atoms with van der Waals surface area (Å²) in [5, 5.41) is 38.1. The molecule has 0 spiro atoms. The number of rotatable bonds is 3. The number of benzene rings is 1. The summed E-state index contributed by atoms with van der Waals surface area (Å²) in [7, 11) is 0. The molecule has 0 amide bonds. The van der Waals surface area contributed by atoms with Crippen molar-refractivity contribution in [2.45, 2.75) is 118 Å². The van der Waals surface area contributed by atoms with Crippen LogP contribution in [0.15, 0.2) is 30.3 Å². The number of Topliss-reactive ketones (excluding diaryl/α,β-unsaturated/α-hetero) is 1. The Morgan fingerprint density at radius 1 is 0.703 bits per heavy atom. The average Bonchev–Trinajstić information content (AvgIpc) is 2.74. The number of hydrogen-bond donors (Lipinski definition) is 0. The Morgan fingerprint density at radius 2 is 1.05 bits per heavy atom. The van der Waals surface area contributed by atoms with Gasteiger partial charge in [-0.2, -0.15) is 0 Å².